The zero-order valence-corrected chi connectivity index (χ0v) is 34.6. The lowest BCUT2D eigenvalue weighted by Gasteiger charge is -2.60. The summed E-state index contributed by atoms with van der Waals surface area (Å²) in [6, 6.07) is 0. The zero-order chi connectivity index (χ0) is 35.0. The fourth-order valence-electron chi connectivity index (χ4n) is 12.9. The topological polar surface area (TPSA) is 0 Å². The lowest BCUT2D eigenvalue weighted by Crippen LogP contribution is -2.54. The first-order valence-corrected chi connectivity index (χ1v) is 18.9. The van der Waals surface area contributed by atoms with E-state index in [1.807, 2.05) is 0 Å². The summed E-state index contributed by atoms with van der Waals surface area (Å²) in [5.74, 6) is 4.96. The van der Waals surface area contributed by atoms with E-state index in [0.717, 1.165) is 35.5 Å². The van der Waals surface area contributed by atoms with Crippen LogP contribution in [-0.4, -0.2) is 0 Å². The van der Waals surface area contributed by atoms with Crippen molar-refractivity contribution in [1.29, 1.82) is 0 Å². The molecule has 0 aromatic rings. The summed E-state index contributed by atoms with van der Waals surface area (Å²) in [4.78, 5) is 0. The summed E-state index contributed by atoms with van der Waals surface area (Å²) in [5, 5.41) is 0. The van der Waals surface area contributed by atoms with Crippen LogP contribution >= 0.6 is 0 Å². The largest absolute Gasteiger partial charge is 0.0704 e. The standard InChI is InChI=1S/2C16H28.C13H22/c1-10-11(2)14(3,4)13-9-12(10)15(5,6)16(13,7)8;1-10-11(2)13-9-12(10)14(3,4)16(7,8)15(13,5)6;1-8-9(2)11-7-10(8)12(3,4)13(11,5)6/h2*12-13H,9H2,1-8H3;10-11H,7H2,1-6H3. The van der Waals surface area contributed by atoms with Gasteiger partial charge in [0.05, 0.1) is 0 Å². The van der Waals surface area contributed by atoms with Gasteiger partial charge in [0.2, 0.25) is 0 Å². The van der Waals surface area contributed by atoms with Crippen LogP contribution in [0.5, 0.6) is 0 Å². The Morgan fingerprint density at radius 2 is 0.600 bits per heavy atom. The molecule has 6 atom stereocenters. The highest BCUT2D eigenvalue weighted by molar-refractivity contribution is 5.35. The number of fused-ring (bicyclic) bond motifs is 6. The van der Waals surface area contributed by atoms with Gasteiger partial charge in [-0.05, 0) is 140 Å². The van der Waals surface area contributed by atoms with E-state index in [2.05, 4.69) is 152 Å². The molecule has 0 heteroatoms. The lowest BCUT2D eigenvalue weighted by atomic mass is 9.44. The number of hydrogen-bond acceptors (Lipinski definition) is 0. The van der Waals surface area contributed by atoms with Crippen molar-refractivity contribution in [3.05, 3.63) is 33.4 Å². The molecule has 0 amide bonds. The van der Waals surface area contributed by atoms with Crippen LogP contribution in [0, 0.1) is 78.8 Å². The van der Waals surface area contributed by atoms with E-state index < -0.39 is 0 Å². The zero-order valence-electron chi connectivity index (χ0n) is 34.6. The molecule has 0 N–H and O–H groups in total. The summed E-state index contributed by atoms with van der Waals surface area (Å²) >= 11 is 0. The summed E-state index contributed by atoms with van der Waals surface area (Å²) < 4.78 is 0. The minimum absolute atomic E-state index is 0.387. The highest BCUT2D eigenvalue weighted by Crippen LogP contribution is 2.71. The van der Waals surface area contributed by atoms with Gasteiger partial charge in [-0.3, -0.25) is 0 Å². The van der Waals surface area contributed by atoms with Gasteiger partial charge in [-0.1, -0.05) is 144 Å². The molecule has 258 valence electrons. The Hall–Kier alpha value is -0.780. The maximum atomic E-state index is 2.49. The highest BCUT2D eigenvalue weighted by atomic mass is 14.7. The van der Waals surface area contributed by atoms with Crippen LogP contribution in [0.25, 0.3) is 0 Å². The van der Waals surface area contributed by atoms with Gasteiger partial charge in [0.1, 0.15) is 0 Å². The van der Waals surface area contributed by atoms with Gasteiger partial charge in [-0.15, -0.1) is 0 Å². The molecule has 0 spiro atoms. The average molecular weight is 619 g/mol. The molecule has 6 rings (SSSR count). The minimum atomic E-state index is 0.387. The van der Waals surface area contributed by atoms with E-state index in [4.69, 9.17) is 0 Å². The van der Waals surface area contributed by atoms with Crippen molar-refractivity contribution in [2.75, 3.05) is 0 Å². The molecule has 0 nitrogen and oxygen atoms in total. The van der Waals surface area contributed by atoms with Gasteiger partial charge < -0.3 is 0 Å². The van der Waals surface area contributed by atoms with E-state index in [-0.39, 0.29) is 0 Å². The third kappa shape index (κ3) is 4.54. The molecule has 6 aliphatic rings. The van der Waals surface area contributed by atoms with E-state index in [0.29, 0.717) is 43.3 Å². The smallest absolute Gasteiger partial charge is 0.0111 e. The molecule has 6 unspecified atom stereocenters. The molecule has 3 saturated carbocycles. The van der Waals surface area contributed by atoms with Crippen molar-refractivity contribution >= 4 is 0 Å². The molecule has 6 aliphatic carbocycles. The Morgan fingerprint density at radius 1 is 0.333 bits per heavy atom. The second kappa shape index (κ2) is 10.4. The van der Waals surface area contributed by atoms with Crippen molar-refractivity contribution < 1.29 is 0 Å². The molecule has 0 aromatic carbocycles. The van der Waals surface area contributed by atoms with Crippen molar-refractivity contribution in [2.45, 2.75) is 172 Å². The third-order valence-corrected chi connectivity index (χ3v) is 19.5. The van der Waals surface area contributed by atoms with Gasteiger partial charge in [0.25, 0.3) is 0 Å². The Bertz CT molecular complexity index is 1250. The van der Waals surface area contributed by atoms with Crippen LogP contribution in [0.1, 0.15) is 172 Å². The molecule has 0 radical (unpaired) electrons. The first-order valence-electron chi connectivity index (χ1n) is 18.9. The minimum Gasteiger partial charge on any atom is -0.0704 e. The van der Waals surface area contributed by atoms with E-state index in [1.165, 1.54) is 19.3 Å². The normalized spacial score (nSPS) is 39.3. The highest BCUT2D eigenvalue weighted by Gasteiger charge is 2.63. The quantitative estimate of drug-likeness (QED) is 0.237. The van der Waals surface area contributed by atoms with Crippen molar-refractivity contribution in [3.8, 4) is 0 Å². The Balaban J connectivity index is 0.000000155. The molecule has 0 aliphatic heterocycles. The second-order valence-corrected chi connectivity index (χ2v) is 21.7. The lowest BCUT2D eigenvalue weighted by molar-refractivity contribution is -0.110. The predicted octanol–water partition coefficient (Wildman–Crippen LogP) is 14.1. The number of allylic oxidation sites excluding steroid dienone is 6. The third-order valence-electron chi connectivity index (χ3n) is 19.5. The molecule has 0 heterocycles. The fraction of sp³-hybridized carbons (Fsp3) is 0.867. The maximum Gasteiger partial charge on any atom is -0.0111 e. The van der Waals surface area contributed by atoms with E-state index in [9.17, 15) is 0 Å². The van der Waals surface area contributed by atoms with Crippen LogP contribution < -0.4 is 0 Å². The van der Waals surface area contributed by atoms with Crippen molar-refractivity contribution in [1.82, 2.24) is 0 Å². The Morgan fingerprint density at radius 3 is 0.911 bits per heavy atom. The average Bonchev–Trinajstić information content (AvgIpc) is 3.49. The molecular weight excluding hydrogens is 540 g/mol. The molecule has 0 saturated heterocycles. The van der Waals surface area contributed by atoms with Crippen LogP contribution in [0.15, 0.2) is 33.4 Å². The first kappa shape index (κ1) is 37.0. The van der Waals surface area contributed by atoms with E-state index >= 15 is 0 Å². The summed E-state index contributed by atoms with van der Waals surface area (Å²) in [7, 11) is 0. The van der Waals surface area contributed by atoms with Gasteiger partial charge in [0, 0.05) is 0 Å². The predicted molar refractivity (Wildman–Crippen MR) is 200 cm³/mol. The maximum absolute atomic E-state index is 2.49. The summed E-state index contributed by atoms with van der Waals surface area (Å²) in [5.41, 5.74) is 13.6. The van der Waals surface area contributed by atoms with Gasteiger partial charge in [-0.2, -0.15) is 0 Å². The number of hydrogen-bond donors (Lipinski definition) is 0. The van der Waals surface area contributed by atoms with Crippen LogP contribution in [0.2, 0.25) is 0 Å². The van der Waals surface area contributed by atoms with Crippen LogP contribution in [0.3, 0.4) is 0 Å². The monoisotopic (exact) mass is 619 g/mol. The van der Waals surface area contributed by atoms with Gasteiger partial charge in [-0.25, -0.2) is 0 Å². The van der Waals surface area contributed by atoms with Crippen LogP contribution in [0.4, 0.5) is 0 Å². The van der Waals surface area contributed by atoms with Crippen molar-refractivity contribution in [2.24, 2.45) is 78.8 Å². The SMILES string of the molecule is CC1=C(C)C(C)(C)C2CC1C(C)(C)C2(C)C.CC1=C(C)C2CC1C(C)(C)C(C)(C)C2(C)C.CC1=C(C)C2CC1C(C)(C)C2(C)C. The van der Waals surface area contributed by atoms with Crippen LogP contribution in [-0.2, 0) is 0 Å². The molecular formula is C45H78. The fourth-order valence-corrected chi connectivity index (χ4v) is 12.9. The summed E-state index contributed by atoms with van der Waals surface area (Å²) in [6.45, 7) is 53.7. The van der Waals surface area contributed by atoms with Gasteiger partial charge >= 0.3 is 0 Å². The molecule has 3 fully saturated rings. The van der Waals surface area contributed by atoms with Gasteiger partial charge in [0.15, 0.2) is 0 Å². The Kier molecular flexibility index (Phi) is 8.53. The molecule has 0 aromatic heterocycles. The first-order chi connectivity index (χ1) is 19.9. The Labute approximate surface area is 283 Å². The summed E-state index contributed by atoms with van der Waals surface area (Å²) in [6.07, 6.45) is 4.20. The van der Waals surface area contributed by atoms with Crippen molar-refractivity contribution in [3.63, 3.8) is 0 Å². The molecule has 6 bridgehead atoms. The second-order valence-electron chi connectivity index (χ2n) is 21.7. The van der Waals surface area contributed by atoms with E-state index in [1.54, 1.807) is 33.4 Å². The molecule has 45 heavy (non-hydrogen) atoms. The number of rotatable bonds is 0.